The molecule has 1 aliphatic rings. The summed E-state index contributed by atoms with van der Waals surface area (Å²) in [5, 5.41) is 8.50. The Morgan fingerprint density at radius 2 is 0.831 bits per heavy atom. The van der Waals surface area contributed by atoms with Crippen molar-refractivity contribution < 1.29 is 4.42 Å². The molecule has 11 aromatic rings. The van der Waals surface area contributed by atoms with E-state index in [4.69, 9.17) is 4.42 Å². The molecule has 276 valence electrons. The lowest BCUT2D eigenvalue weighted by molar-refractivity contribution is 0.580. The standard InChI is InChI=1S/C58H38O/c1-37-55(40-29-28-38-16-8-9-17-39(38)34-40)51-33-31-42(36-54(51)59-37)57-49-25-12-10-23-47(49)56(48-24-11-13-26-50(48)57)41-30-32-46-45-22-14-15-27-52(45)58(53(46)35-41,43-18-4-2-5-19-43)44-20-6-3-7-21-44/h2-36H,1H3. The molecule has 1 heteroatoms. The number of fused-ring (bicyclic) bond motifs is 7. The normalized spacial score (nSPS) is 13.0. The fourth-order valence-corrected chi connectivity index (χ4v) is 10.4. The molecule has 0 saturated heterocycles. The van der Waals surface area contributed by atoms with Gasteiger partial charge in [0.25, 0.3) is 0 Å². The average molecular weight is 751 g/mol. The van der Waals surface area contributed by atoms with Gasteiger partial charge in [0.1, 0.15) is 11.3 Å². The molecule has 0 unspecified atom stereocenters. The molecule has 0 fully saturated rings. The topological polar surface area (TPSA) is 13.1 Å². The van der Waals surface area contributed by atoms with Crippen LogP contribution in [0.4, 0.5) is 0 Å². The largest absolute Gasteiger partial charge is 0.461 e. The van der Waals surface area contributed by atoms with Gasteiger partial charge in [0.05, 0.1) is 5.41 Å². The summed E-state index contributed by atoms with van der Waals surface area (Å²) in [5.74, 6) is 0.929. The van der Waals surface area contributed by atoms with E-state index in [2.05, 4.69) is 219 Å². The Labute approximate surface area is 343 Å². The fraction of sp³-hybridized carbons (Fsp3) is 0.0345. The summed E-state index contributed by atoms with van der Waals surface area (Å²) in [7, 11) is 0. The smallest absolute Gasteiger partial charge is 0.135 e. The van der Waals surface area contributed by atoms with Gasteiger partial charge in [-0.15, -0.1) is 0 Å². The first-order chi connectivity index (χ1) is 29.2. The molecular weight excluding hydrogens is 713 g/mol. The molecule has 10 aromatic carbocycles. The van der Waals surface area contributed by atoms with Crippen molar-refractivity contribution in [1.29, 1.82) is 0 Å². The highest BCUT2D eigenvalue weighted by Crippen LogP contribution is 2.57. The molecule has 0 saturated carbocycles. The van der Waals surface area contributed by atoms with Crippen LogP contribution in [0.1, 0.15) is 28.0 Å². The second kappa shape index (κ2) is 13.0. The molecule has 0 amide bonds. The molecule has 59 heavy (non-hydrogen) atoms. The van der Waals surface area contributed by atoms with Gasteiger partial charge >= 0.3 is 0 Å². The summed E-state index contributed by atoms with van der Waals surface area (Å²) in [5.41, 5.74) is 15.3. The van der Waals surface area contributed by atoms with E-state index in [1.54, 1.807) is 0 Å². The third-order valence-electron chi connectivity index (χ3n) is 12.9. The van der Waals surface area contributed by atoms with Crippen molar-refractivity contribution in [2.75, 3.05) is 0 Å². The Kier molecular flexibility index (Phi) is 7.43. The van der Waals surface area contributed by atoms with Crippen molar-refractivity contribution >= 4 is 43.3 Å². The van der Waals surface area contributed by atoms with Gasteiger partial charge in [-0.05, 0) is 125 Å². The predicted molar refractivity (Wildman–Crippen MR) is 247 cm³/mol. The van der Waals surface area contributed by atoms with E-state index in [9.17, 15) is 0 Å². The van der Waals surface area contributed by atoms with Crippen LogP contribution >= 0.6 is 0 Å². The first-order valence-corrected chi connectivity index (χ1v) is 20.5. The summed E-state index contributed by atoms with van der Waals surface area (Å²) < 4.78 is 6.61. The van der Waals surface area contributed by atoms with Gasteiger partial charge in [-0.3, -0.25) is 0 Å². The highest BCUT2D eigenvalue weighted by atomic mass is 16.3. The van der Waals surface area contributed by atoms with Crippen LogP contribution in [0.3, 0.4) is 0 Å². The Balaban J connectivity index is 1.08. The van der Waals surface area contributed by atoms with Crippen molar-refractivity contribution in [2.24, 2.45) is 0 Å². The van der Waals surface area contributed by atoms with E-state index >= 15 is 0 Å². The molecule has 0 atom stereocenters. The Hall–Kier alpha value is -7.48. The molecule has 12 rings (SSSR count). The summed E-state index contributed by atoms with van der Waals surface area (Å²) >= 11 is 0. The molecule has 1 aromatic heterocycles. The number of hydrogen-bond acceptors (Lipinski definition) is 1. The van der Waals surface area contributed by atoms with Crippen molar-refractivity contribution in [3.8, 4) is 44.5 Å². The highest BCUT2D eigenvalue weighted by Gasteiger charge is 2.46. The molecule has 1 heterocycles. The fourth-order valence-electron chi connectivity index (χ4n) is 10.4. The van der Waals surface area contributed by atoms with Gasteiger partial charge in [-0.25, -0.2) is 0 Å². The van der Waals surface area contributed by atoms with Gasteiger partial charge in [0.2, 0.25) is 0 Å². The minimum absolute atomic E-state index is 0.474. The zero-order valence-corrected chi connectivity index (χ0v) is 32.6. The number of hydrogen-bond donors (Lipinski definition) is 0. The SMILES string of the molecule is Cc1oc2cc(-c3c4ccccc4c(-c4ccc5c(c4)C(c4ccccc4)(c4ccccc4)c4ccccc4-5)c4ccccc34)ccc2c1-c1ccc2ccccc2c1. The zero-order valence-electron chi connectivity index (χ0n) is 32.6. The minimum Gasteiger partial charge on any atom is -0.461 e. The summed E-state index contributed by atoms with van der Waals surface area (Å²) in [6.07, 6.45) is 0. The van der Waals surface area contributed by atoms with Crippen LogP contribution in [-0.4, -0.2) is 0 Å². The third-order valence-corrected chi connectivity index (χ3v) is 12.9. The monoisotopic (exact) mass is 750 g/mol. The average Bonchev–Trinajstić information content (AvgIpc) is 3.79. The van der Waals surface area contributed by atoms with Crippen LogP contribution in [0.2, 0.25) is 0 Å². The first kappa shape index (κ1) is 33.6. The highest BCUT2D eigenvalue weighted by molar-refractivity contribution is 6.22. The molecule has 0 bridgehead atoms. The van der Waals surface area contributed by atoms with Crippen LogP contribution in [0.25, 0.3) is 87.8 Å². The van der Waals surface area contributed by atoms with Crippen LogP contribution < -0.4 is 0 Å². The Morgan fingerprint density at radius 3 is 1.49 bits per heavy atom. The van der Waals surface area contributed by atoms with Crippen LogP contribution in [0.15, 0.2) is 217 Å². The lowest BCUT2D eigenvalue weighted by atomic mass is 9.67. The lowest BCUT2D eigenvalue weighted by Gasteiger charge is -2.34. The van der Waals surface area contributed by atoms with Gasteiger partial charge in [0.15, 0.2) is 0 Å². The van der Waals surface area contributed by atoms with E-state index in [1.807, 2.05) is 0 Å². The van der Waals surface area contributed by atoms with Crippen LogP contribution in [-0.2, 0) is 5.41 Å². The zero-order chi connectivity index (χ0) is 39.1. The maximum atomic E-state index is 6.61. The molecule has 1 nitrogen and oxygen atoms in total. The molecule has 0 radical (unpaired) electrons. The van der Waals surface area contributed by atoms with E-state index in [1.165, 1.54) is 88.0 Å². The van der Waals surface area contributed by atoms with Crippen molar-refractivity contribution in [3.63, 3.8) is 0 Å². The minimum atomic E-state index is -0.474. The number of furan rings is 1. The Bertz CT molecular complexity index is 3350. The van der Waals surface area contributed by atoms with Gasteiger partial charge in [-0.1, -0.05) is 188 Å². The van der Waals surface area contributed by atoms with Gasteiger partial charge in [0, 0.05) is 10.9 Å². The van der Waals surface area contributed by atoms with E-state index in [0.717, 1.165) is 27.9 Å². The third kappa shape index (κ3) is 4.92. The van der Waals surface area contributed by atoms with Crippen LogP contribution in [0, 0.1) is 6.92 Å². The van der Waals surface area contributed by atoms with E-state index in [-0.39, 0.29) is 0 Å². The number of aryl methyl sites for hydroxylation is 1. The van der Waals surface area contributed by atoms with Crippen LogP contribution in [0.5, 0.6) is 0 Å². The van der Waals surface area contributed by atoms with Gasteiger partial charge < -0.3 is 4.42 Å². The number of benzene rings is 10. The Morgan fingerprint density at radius 1 is 0.339 bits per heavy atom. The van der Waals surface area contributed by atoms with Crippen molar-refractivity contribution in [1.82, 2.24) is 0 Å². The molecule has 1 aliphatic carbocycles. The summed E-state index contributed by atoms with van der Waals surface area (Å²) in [6, 6.07) is 78.3. The number of rotatable bonds is 5. The molecule has 0 aliphatic heterocycles. The quantitative estimate of drug-likeness (QED) is 0.160. The van der Waals surface area contributed by atoms with Crippen molar-refractivity contribution in [2.45, 2.75) is 12.3 Å². The maximum Gasteiger partial charge on any atom is 0.135 e. The first-order valence-electron chi connectivity index (χ1n) is 20.5. The molecular formula is C58H38O. The molecule has 0 spiro atoms. The van der Waals surface area contributed by atoms with E-state index in [0.29, 0.717) is 0 Å². The maximum absolute atomic E-state index is 6.61. The second-order valence-electron chi connectivity index (χ2n) is 15.9. The molecule has 0 N–H and O–H groups in total. The lowest BCUT2D eigenvalue weighted by Crippen LogP contribution is -2.28. The predicted octanol–water partition coefficient (Wildman–Crippen LogP) is 15.6. The summed E-state index contributed by atoms with van der Waals surface area (Å²) in [4.78, 5) is 0. The summed E-state index contributed by atoms with van der Waals surface area (Å²) in [6.45, 7) is 2.09. The van der Waals surface area contributed by atoms with Gasteiger partial charge in [-0.2, -0.15) is 0 Å². The van der Waals surface area contributed by atoms with Crippen molar-refractivity contribution in [3.05, 3.63) is 240 Å². The second-order valence-corrected chi connectivity index (χ2v) is 15.9. The van der Waals surface area contributed by atoms with E-state index < -0.39 is 5.41 Å².